The van der Waals surface area contributed by atoms with E-state index in [1.165, 1.54) is 0 Å². The van der Waals surface area contributed by atoms with Gasteiger partial charge in [0.2, 0.25) is 17.7 Å². The predicted octanol–water partition coefficient (Wildman–Crippen LogP) is -0.934. The highest BCUT2D eigenvalue weighted by Gasteiger charge is 2.31. The standard InChI is InChI=1S/C21H41N5O6/c1-5-13(4)17(21(31)32)26-19(29)15(8-6-7-9-22)24-20(30)16(11-27)25-18(28)14(23)10-12(2)3/h12-17,27H,5-11,22-23H2,1-4H3,(H,24,30)(H,25,28)(H,26,29)(H,31,32)/t13-,14-,15-,16-,17-/m0/s1. The van der Waals surface area contributed by atoms with Crippen LogP contribution < -0.4 is 27.4 Å². The number of carboxylic acid groups (broad SMARTS) is 1. The van der Waals surface area contributed by atoms with Crippen LogP contribution in [-0.4, -0.2) is 71.2 Å². The van der Waals surface area contributed by atoms with Crippen LogP contribution in [0.5, 0.6) is 0 Å². The number of unbranched alkanes of at least 4 members (excludes halogenated alkanes) is 1. The van der Waals surface area contributed by atoms with E-state index < -0.39 is 54.5 Å². The number of rotatable bonds is 16. The van der Waals surface area contributed by atoms with Gasteiger partial charge in [0.1, 0.15) is 18.1 Å². The van der Waals surface area contributed by atoms with E-state index in [-0.39, 0.29) is 18.3 Å². The minimum atomic E-state index is -1.30. The summed E-state index contributed by atoms with van der Waals surface area (Å²) in [7, 11) is 0. The molecule has 0 aliphatic rings. The first-order valence-electron chi connectivity index (χ1n) is 11.2. The Morgan fingerprint density at radius 2 is 1.47 bits per heavy atom. The number of carbonyl (C=O) groups is 4. The van der Waals surface area contributed by atoms with Crippen molar-refractivity contribution in [1.82, 2.24) is 16.0 Å². The van der Waals surface area contributed by atoms with E-state index >= 15 is 0 Å². The number of carboxylic acids is 1. The summed E-state index contributed by atoms with van der Waals surface area (Å²) in [5.41, 5.74) is 11.3. The van der Waals surface area contributed by atoms with E-state index in [1.54, 1.807) is 6.92 Å². The Bertz CT molecular complexity index is 615. The Morgan fingerprint density at radius 3 is 1.94 bits per heavy atom. The molecular formula is C21H41N5O6. The number of carbonyl (C=O) groups excluding carboxylic acids is 3. The molecule has 3 amide bonds. The largest absolute Gasteiger partial charge is 0.480 e. The van der Waals surface area contributed by atoms with E-state index in [9.17, 15) is 29.4 Å². The summed E-state index contributed by atoms with van der Waals surface area (Å²) in [5, 5.41) is 26.4. The van der Waals surface area contributed by atoms with E-state index in [2.05, 4.69) is 16.0 Å². The Balaban J connectivity index is 5.31. The third kappa shape index (κ3) is 10.9. The Hall–Kier alpha value is -2.24. The van der Waals surface area contributed by atoms with Crippen LogP contribution in [0, 0.1) is 11.8 Å². The Labute approximate surface area is 190 Å². The van der Waals surface area contributed by atoms with E-state index in [1.807, 2.05) is 20.8 Å². The van der Waals surface area contributed by atoms with Crippen LogP contribution >= 0.6 is 0 Å². The number of hydrogen-bond acceptors (Lipinski definition) is 7. The van der Waals surface area contributed by atoms with Crippen LogP contribution in [0.1, 0.15) is 59.8 Å². The first kappa shape index (κ1) is 29.8. The molecule has 0 saturated carbocycles. The van der Waals surface area contributed by atoms with Gasteiger partial charge in [0.25, 0.3) is 0 Å². The fourth-order valence-electron chi connectivity index (χ4n) is 3.06. The zero-order valence-corrected chi connectivity index (χ0v) is 19.6. The number of amides is 3. The van der Waals surface area contributed by atoms with Crippen molar-refractivity contribution in [2.24, 2.45) is 23.3 Å². The first-order valence-corrected chi connectivity index (χ1v) is 11.2. The molecule has 0 aromatic heterocycles. The molecule has 0 radical (unpaired) electrons. The molecule has 0 rings (SSSR count). The summed E-state index contributed by atoms with van der Waals surface area (Å²) in [4.78, 5) is 49.2. The van der Waals surface area contributed by atoms with Crippen molar-refractivity contribution >= 4 is 23.7 Å². The molecule has 0 fully saturated rings. The molecule has 0 spiro atoms. The molecule has 0 aliphatic carbocycles. The quantitative estimate of drug-likeness (QED) is 0.144. The second kappa shape index (κ2) is 15.5. The molecule has 5 atom stereocenters. The van der Waals surface area contributed by atoms with Gasteiger partial charge in [0.05, 0.1) is 12.6 Å². The monoisotopic (exact) mass is 459 g/mol. The van der Waals surface area contributed by atoms with Crippen molar-refractivity contribution in [3.05, 3.63) is 0 Å². The number of aliphatic hydroxyl groups is 1. The van der Waals surface area contributed by atoms with Crippen LogP contribution in [0.25, 0.3) is 0 Å². The third-order valence-electron chi connectivity index (χ3n) is 5.23. The topological polar surface area (TPSA) is 197 Å². The molecule has 0 unspecified atom stereocenters. The zero-order valence-electron chi connectivity index (χ0n) is 19.6. The lowest BCUT2D eigenvalue weighted by Crippen LogP contribution is -2.58. The molecule has 32 heavy (non-hydrogen) atoms. The van der Waals surface area contributed by atoms with Gasteiger partial charge in [-0.2, -0.15) is 0 Å². The maximum absolute atomic E-state index is 12.8. The fraction of sp³-hybridized carbons (Fsp3) is 0.810. The Morgan fingerprint density at radius 1 is 0.906 bits per heavy atom. The van der Waals surface area contributed by atoms with Crippen LogP contribution in [0.4, 0.5) is 0 Å². The van der Waals surface area contributed by atoms with Crippen molar-refractivity contribution in [1.29, 1.82) is 0 Å². The second-order valence-corrected chi connectivity index (χ2v) is 8.54. The summed E-state index contributed by atoms with van der Waals surface area (Å²) in [6, 6.07) is -4.29. The Kier molecular flexibility index (Phi) is 14.5. The second-order valence-electron chi connectivity index (χ2n) is 8.54. The van der Waals surface area contributed by atoms with Gasteiger partial charge in [-0.05, 0) is 44.1 Å². The summed E-state index contributed by atoms with van der Waals surface area (Å²) in [5.74, 6) is -3.31. The van der Waals surface area contributed by atoms with Crippen LogP contribution in [0.15, 0.2) is 0 Å². The molecule has 11 heteroatoms. The van der Waals surface area contributed by atoms with Crippen molar-refractivity contribution in [3.8, 4) is 0 Å². The van der Waals surface area contributed by atoms with Gasteiger partial charge < -0.3 is 37.6 Å². The molecule has 9 N–H and O–H groups in total. The minimum absolute atomic E-state index is 0.167. The van der Waals surface area contributed by atoms with Gasteiger partial charge >= 0.3 is 5.97 Å². The van der Waals surface area contributed by atoms with Gasteiger partial charge in [-0.1, -0.05) is 34.1 Å². The molecule has 0 saturated heterocycles. The normalized spacial score (nSPS) is 15.9. The van der Waals surface area contributed by atoms with Gasteiger partial charge in [-0.15, -0.1) is 0 Å². The summed E-state index contributed by atoms with van der Waals surface area (Å²) in [6.45, 7) is 7.03. The van der Waals surface area contributed by atoms with Crippen molar-refractivity contribution < 1.29 is 29.4 Å². The van der Waals surface area contributed by atoms with E-state index in [0.29, 0.717) is 32.2 Å². The fourth-order valence-corrected chi connectivity index (χ4v) is 3.06. The maximum Gasteiger partial charge on any atom is 0.326 e. The van der Waals surface area contributed by atoms with Gasteiger partial charge in [0.15, 0.2) is 0 Å². The van der Waals surface area contributed by atoms with Crippen LogP contribution in [0.2, 0.25) is 0 Å². The highest BCUT2D eigenvalue weighted by atomic mass is 16.4. The molecule has 11 nitrogen and oxygen atoms in total. The van der Waals surface area contributed by atoms with Gasteiger partial charge in [0, 0.05) is 0 Å². The average molecular weight is 460 g/mol. The number of hydrogen-bond donors (Lipinski definition) is 7. The number of nitrogens with one attached hydrogen (secondary N) is 3. The molecule has 0 aromatic carbocycles. The highest BCUT2D eigenvalue weighted by Crippen LogP contribution is 2.10. The van der Waals surface area contributed by atoms with Crippen LogP contribution in [0.3, 0.4) is 0 Å². The molecular weight excluding hydrogens is 418 g/mol. The van der Waals surface area contributed by atoms with Gasteiger partial charge in [-0.25, -0.2) is 4.79 Å². The highest BCUT2D eigenvalue weighted by molar-refractivity contribution is 5.94. The van der Waals surface area contributed by atoms with Crippen LogP contribution in [-0.2, 0) is 19.2 Å². The maximum atomic E-state index is 12.8. The number of aliphatic hydroxyl groups excluding tert-OH is 1. The lowest BCUT2D eigenvalue weighted by molar-refractivity contribution is -0.144. The predicted molar refractivity (Wildman–Crippen MR) is 120 cm³/mol. The summed E-state index contributed by atoms with van der Waals surface area (Å²) in [6.07, 6.45) is 2.29. The number of aliphatic carboxylic acids is 1. The molecule has 0 aliphatic heterocycles. The van der Waals surface area contributed by atoms with Crippen molar-refractivity contribution in [3.63, 3.8) is 0 Å². The summed E-state index contributed by atoms with van der Waals surface area (Å²) < 4.78 is 0. The molecule has 0 aromatic rings. The minimum Gasteiger partial charge on any atom is -0.480 e. The number of nitrogens with two attached hydrogens (primary N) is 2. The third-order valence-corrected chi connectivity index (χ3v) is 5.23. The van der Waals surface area contributed by atoms with E-state index in [4.69, 9.17) is 11.5 Å². The molecule has 0 bridgehead atoms. The lowest BCUT2D eigenvalue weighted by Gasteiger charge is -2.26. The van der Waals surface area contributed by atoms with Crippen molar-refractivity contribution in [2.75, 3.05) is 13.2 Å². The zero-order chi connectivity index (χ0) is 24.8. The molecule has 0 heterocycles. The smallest absolute Gasteiger partial charge is 0.326 e. The molecule has 186 valence electrons. The van der Waals surface area contributed by atoms with E-state index in [0.717, 1.165) is 0 Å². The average Bonchev–Trinajstić information content (AvgIpc) is 2.73. The SMILES string of the molecule is CC[C@H](C)[C@H](NC(=O)[C@H](CCCCN)NC(=O)[C@H](CO)NC(=O)[C@@H](N)CC(C)C)C(=O)O. The van der Waals surface area contributed by atoms with Gasteiger partial charge in [-0.3, -0.25) is 14.4 Å². The lowest BCUT2D eigenvalue weighted by atomic mass is 9.98. The first-order chi connectivity index (χ1) is 15.0. The van der Waals surface area contributed by atoms with Crippen molar-refractivity contribution in [2.45, 2.75) is 84.0 Å². The summed E-state index contributed by atoms with van der Waals surface area (Å²) >= 11 is 0.